The van der Waals surface area contributed by atoms with Crippen molar-refractivity contribution in [3.8, 4) is 17.6 Å². The Morgan fingerprint density at radius 2 is 2.09 bits per heavy atom. The van der Waals surface area contributed by atoms with E-state index in [0.717, 1.165) is 12.8 Å². The highest BCUT2D eigenvalue weighted by molar-refractivity contribution is 5.97. The highest BCUT2D eigenvalue weighted by atomic mass is 16.5. The van der Waals surface area contributed by atoms with Gasteiger partial charge in [-0.15, -0.1) is 0 Å². The van der Waals surface area contributed by atoms with Gasteiger partial charge in [0.25, 0.3) is 0 Å². The largest absolute Gasteiger partial charge is 0.493 e. The van der Waals surface area contributed by atoms with Crippen molar-refractivity contribution in [3.63, 3.8) is 0 Å². The van der Waals surface area contributed by atoms with E-state index in [-0.39, 0.29) is 18.3 Å². The summed E-state index contributed by atoms with van der Waals surface area (Å²) in [5.74, 6) is 0.655. The maximum Gasteiger partial charge on any atom is 0.348 e. The molecule has 0 atom stereocenters. The standard InChI is InChI=1S/C18H21NO4/c1-3-22-18(20)14(12-19)10-13-8-9-16(21-2)17(11-13)23-15-6-4-5-7-15/h8-11,15H,3-7H2,1-2H3. The SMILES string of the molecule is CCOC(=O)C(C#N)=Cc1ccc(OC)c(OC2CCCC2)c1. The van der Waals surface area contributed by atoms with Crippen molar-refractivity contribution < 1.29 is 19.0 Å². The van der Waals surface area contributed by atoms with Crippen LogP contribution in [0.3, 0.4) is 0 Å². The summed E-state index contributed by atoms with van der Waals surface area (Å²) in [5, 5.41) is 9.11. The fourth-order valence-electron chi connectivity index (χ4n) is 2.57. The molecule has 0 spiro atoms. The monoisotopic (exact) mass is 315 g/mol. The molecule has 0 unspecified atom stereocenters. The smallest absolute Gasteiger partial charge is 0.348 e. The summed E-state index contributed by atoms with van der Waals surface area (Å²) >= 11 is 0. The zero-order chi connectivity index (χ0) is 16.7. The number of benzene rings is 1. The summed E-state index contributed by atoms with van der Waals surface area (Å²) in [6.07, 6.45) is 6.12. The third-order valence-electron chi connectivity index (χ3n) is 3.71. The Hall–Kier alpha value is -2.48. The molecule has 1 fully saturated rings. The molecule has 1 aliphatic carbocycles. The molecule has 0 bridgehead atoms. The van der Waals surface area contributed by atoms with Gasteiger partial charge < -0.3 is 14.2 Å². The molecular formula is C18H21NO4. The number of hydrogen-bond acceptors (Lipinski definition) is 5. The molecule has 0 aliphatic heterocycles. The average molecular weight is 315 g/mol. The van der Waals surface area contributed by atoms with Gasteiger partial charge in [-0.1, -0.05) is 6.07 Å². The second kappa shape index (κ2) is 8.23. The van der Waals surface area contributed by atoms with Gasteiger partial charge in [0.1, 0.15) is 11.6 Å². The van der Waals surface area contributed by atoms with E-state index in [4.69, 9.17) is 19.5 Å². The van der Waals surface area contributed by atoms with Crippen molar-refractivity contribution >= 4 is 12.0 Å². The summed E-state index contributed by atoms with van der Waals surface area (Å²) in [5.41, 5.74) is 0.659. The van der Waals surface area contributed by atoms with Gasteiger partial charge in [-0.3, -0.25) is 0 Å². The van der Waals surface area contributed by atoms with Gasteiger partial charge in [-0.2, -0.15) is 5.26 Å². The number of esters is 1. The summed E-state index contributed by atoms with van der Waals surface area (Å²) < 4.78 is 16.2. The molecule has 1 aromatic rings. The van der Waals surface area contributed by atoms with Crippen LogP contribution in [0.1, 0.15) is 38.2 Å². The molecule has 1 aliphatic rings. The van der Waals surface area contributed by atoms with E-state index < -0.39 is 5.97 Å². The molecule has 23 heavy (non-hydrogen) atoms. The van der Waals surface area contributed by atoms with E-state index >= 15 is 0 Å². The molecule has 122 valence electrons. The van der Waals surface area contributed by atoms with Crippen LogP contribution in [0.4, 0.5) is 0 Å². The predicted molar refractivity (Wildman–Crippen MR) is 86.1 cm³/mol. The molecule has 2 rings (SSSR count). The minimum Gasteiger partial charge on any atom is -0.493 e. The number of ether oxygens (including phenoxy) is 3. The minimum absolute atomic E-state index is 0.0381. The molecule has 1 saturated carbocycles. The number of methoxy groups -OCH3 is 1. The Morgan fingerprint density at radius 3 is 2.70 bits per heavy atom. The second-order valence-corrected chi connectivity index (χ2v) is 5.32. The fraction of sp³-hybridized carbons (Fsp3) is 0.444. The van der Waals surface area contributed by atoms with Crippen LogP contribution in [-0.2, 0) is 9.53 Å². The minimum atomic E-state index is -0.621. The third-order valence-corrected chi connectivity index (χ3v) is 3.71. The molecule has 5 nitrogen and oxygen atoms in total. The number of hydrogen-bond donors (Lipinski definition) is 0. The van der Waals surface area contributed by atoms with Crippen molar-refractivity contribution in [1.82, 2.24) is 0 Å². The predicted octanol–water partition coefficient (Wildman–Crippen LogP) is 3.49. The molecule has 0 N–H and O–H groups in total. The fourth-order valence-corrected chi connectivity index (χ4v) is 2.57. The number of rotatable bonds is 6. The van der Waals surface area contributed by atoms with Crippen molar-refractivity contribution in [1.29, 1.82) is 5.26 Å². The summed E-state index contributed by atoms with van der Waals surface area (Å²) in [6.45, 7) is 1.93. The van der Waals surface area contributed by atoms with E-state index in [9.17, 15) is 4.79 Å². The van der Waals surface area contributed by atoms with E-state index in [1.807, 2.05) is 6.07 Å². The van der Waals surface area contributed by atoms with E-state index in [2.05, 4.69) is 0 Å². The lowest BCUT2D eigenvalue weighted by atomic mass is 10.1. The Kier molecular flexibility index (Phi) is 6.04. The van der Waals surface area contributed by atoms with E-state index in [1.165, 1.54) is 18.9 Å². The van der Waals surface area contributed by atoms with Crippen molar-refractivity contribution in [3.05, 3.63) is 29.3 Å². The van der Waals surface area contributed by atoms with Crippen LogP contribution in [0.2, 0.25) is 0 Å². The Morgan fingerprint density at radius 1 is 1.35 bits per heavy atom. The number of nitriles is 1. The van der Waals surface area contributed by atoms with Crippen LogP contribution in [-0.4, -0.2) is 25.8 Å². The van der Waals surface area contributed by atoms with Gasteiger partial charge in [0.2, 0.25) is 0 Å². The molecule has 0 heterocycles. The molecule has 0 aromatic heterocycles. The molecular weight excluding hydrogens is 294 g/mol. The highest BCUT2D eigenvalue weighted by Crippen LogP contribution is 2.33. The average Bonchev–Trinajstić information content (AvgIpc) is 3.06. The number of carbonyl (C=O) groups is 1. The Bertz CT molecular complexity index is 624. The van der Waals surface area contributed by atoms with Crippen molar-refractivity contribution in [2.75, 3.05) is 13.7 Å². The van der Waals surface area contributed by atoms with Gasteiger partial charge in [-0.25, -0.2) is 4.79 Å². The van der Waals surface area contributed by atoms with E-state index in [0.29, 0.717) is 17.1 Å². The quantitative estimate of drug-likeness (QED) is 0.456. The van der Waals surface area contributed by atoms with Gasteiger partial charge >= 0.3 is 5.97 Å². The maximum atomic E-state index is 11.7. The topological polar surface area (TPSA) is 68.6 Å². The first-order valence-corrected chi connectivity index (χ1v) is 7.81. The molecule has 0 radical (unpaired) electrons. The van der Waals surface area contributed by atoms with Gasteiger partial charge in [0.15, 0.2) is 11.5 Å². The maximum absolute atomic E-state index is 11.7. The Labute approximate surface area is 136 Å². The third kappa shape index (κ3) is 4.49. The zero-order valence-corrected chi connectivity index (χ0v) is 13.5. The normalized spacial score (nSPS) is 15.1. The molecule has 0 amide bonds. The van der Waals surface area contributed by atoms with Crippen molar-refractivity contribution in [2.45, 2.75) is 38.7 Å². The van der Waals surface area contributed by atoms with Crippen molar-refractivity contribution in [2.24, 2.45) is 0 Å². The Balaban J connectivity index is 2.25. The highest BCUT2D eigenvalue weighted by Gasteiger charge is 2.19. The van der Waals surface area contributed by atoms with Gasteiger partial charge in [-0.05, 0) is 56.4 Å². The lowest BCUT2D eigenvalue weighted by molar-refractivity contribution is -0.137. The van der Waals surface area contributed by atoms with Crippen LogP contribution >= 0.6 is 0 Å². The van der Waals surface area contributed by atoms with Crippen LogP contribution in [0.15, 0.2) is 23.8 Å². The van der Waals surface area contributed by atoms with Crippen LogP contribution in [0, 0.1) is 11.3 Å². The van der Waals surface area contributed by atoms with Gasteiger partial charge in [0, 0.05) is 0 Å². The van der Waals surface area contributed by atoms with Crippen LogP contribution in [0.25, 0.3) is 6.08 Å². The lowest BCUT2D eigenvalue weighted by Gasteiger charge is -2.16. The van der Waals surface area contributed by atoms with E-state index in [1.54, 1.807) is 32.2 Å². The first-order valence-electron chi connectivity index (χ1n) is 7.81. The summed E-state index contributed by atoms with van der Waals surface area (Å²) in [4.78, 5) is 11.7. The molecule has 5 heteroatoms. The first kappa shape index (κ1) is 16.9. The summed E-state index contributed by atoms with van der Waals surface area (Å²) in [7, 11) is 1.59. The zero-order valence-electron chi connectivity index (χ0n) is 13.5. The van der Waals surface area contributed by atoms with Crippen LogP contribution < -0.4 is 9.47 Å². The molecule has 1 aromatic carbocycles. The number of nitrogens with zero attached hydrogens (tertiary/aromatic N) is 1. The lowest BCUT2D eigenvalue weighted by Crippen LogP contribution is -2.11. The van der Waals surface area contributed by atoms with Gasteiger partial charge in [0.05, 0.1) is 19.8 Å². The summed E-state index contributed by atoms with van der Waals surface area (Å²) in [6, 6.07) is 7.21. The molecule has 0 saturated heterocycles. The number of carbonyl (C=O) groups excluding carboxylic acids is 1. The van der Waals surface area contributed by atoms with Crippen LogP contribution in [0.5, 0.6) is 11.5 Å². The first-order chi connectivity index (χ1) is 11.2. The second-order valence-electron chi connectivity index (χ2n) is 5.32.